The number of hydrogen-bond acceptors (Lipinski definition) is 4. The first-order valence-corrected chi connectivity index (χ1v) is 6.46. The third-order valence-electron chi connectivity index (χ3n) is 3.33. The Hall–Kier alpha value is -1.59. The van der Waals surface area contributed by atoms with E-state index >= 15 is 0 Å². The number of nitriles is 2. The van der Waals surface area contributed by atoms with E-state index in [4.69, 9.17) is 10.5 Å². The van der Waals surface area contributed by atoms with Crippen molar-refractivity contribution in [3.05, 3.63) is 0 Å². The number of amides is 1. The van der Waals surface area contributed by atoms with Crippen LogP contribution in [-0.4, -0.2) is 36.5 Å². The van der Waals surface area contributed by atoms with E-state index in [0.29, 0.717) is 31.8 Å². The van der Waals surface area contributed by atoms with Crippen molar-refractivity contribution in [2.45, 2.75) is 38.6 Å². The summed E-state index contributed by atoms with van der Waals surface area (Å²) >= 11 is 0. The van der Waals surface area contributed by atoms with E-state index in [1.165, 1.54) is 0 Å². The molecular formula is C13H20N4O. The van der Waals surface area contributed by atoms with Gasteiger partial charge in [-0.25, -0.2) is 0 Å². The number of nitrogens with one attached hydrogen (secondary N) is 1. The van der Waals surface area contributed by atoms with Crippen LogP contribution < -0.4 is 5.32 Å². The molecule has 0 bridgehead atoms. The topological polar surface area (TPSA) is 79.9 Å². The maximum atomic E-state index is 12.4. The maximum absolute atomic E-state index is 12.4. The summed E-state index contributed by atoms with van der Waals surface area (Å²) in [6, 6.07) is 3.94. The molecule has 0 aromatic carbocycles. The minimum atomic E-state index is -0.156. The van der Waals surface area contributed by atoms with E-state index in [0.717, 1.165) is 19.4 Å². The van der Waals surface area contributed by atoms with Crippen LogP contribution in [-0.2, 0) is 4.79 Å². The third kappa shape index (κ3) is 4.01. The molecule has 1 aliphatic rings. The summed E-state index contributed by atoms with van der Waals surface area (Å²) in [5.41, 5.74) is 0. The van der Waals surface area contributed by atoms with Gasteiger partial charge in [-0.15, -0.1) is 0 Å². The molecule has 0 aromatic heterocycles. The quantitative estimate of drug-likeness (QED) is 0.788. The lowest BCUT2D eigenvalue weighted by Gasteiger charge is -2.33. The molecule has 0 aliphatic carbocycles. The standard InChI is InChI=1S/C13H20N4O/c1-11-5-2-8-16-12(11)13(18)17(9-3-6-14)10-4-7-15/h11-12,16H,2-5,8-10H2,1H3. The fraction of sp³-hybridized carbons (Fsp3) is 0.769. The lowest BCUT2D eigenvalue weighted by Crippen LogP contribution is -2.52. The summed E-state index contributed by atoms with van der Waals surface area (Å²) in [7, 11) is 0. The van der Waals surface area contributed by atoms with E-state index in [9.17, 15) is 4.79 Å². The van der Waals surface area contributed by atoms with Gasteiger partial charge in [0.05, 0.1) is 31.0 Å². The van der Waals surface area contributed by atoms with Crippen LogP contribution in [0.15, 0.2) is 0 Å². The minimum absolute atomic E-state index is 0.0349. The molecule has 5 nitrogen and oxygen atoms in total. The average Bonchev–Trinajstić information content (AvgIpc) is 2.39. The van der Waals surface area contributed by atoms with Crippen molar-refractivity contribution in [3.8, 4) is 12.1 Å². The molecule has 1 rings (SSSR count). The molecule has 0 saturated carbocycles. The van der Waals surface area contributed by atoms with Crippen LogP contribution in [0.4, 0.5) is 0 Å². The van der Waals surface area contributed by atoms with Gasteiger partial charge in [0.2, 0.25) is 5.91 Å². The van der Waals surface area contributed by atoms with Gasteiger partial charge >= 0.3 is 0 Å². The third-order valence-corrected chi connectivity index (χ3v) is 3.33. The van der Waals surface area contributed by atoms with Crippen molar-refractivity contribution in [3.63, 3.8) is 0 Å². The Labute approximate surface area is 108 Å². The normalized spacial score (nSPS) is 22.8. The van der Waals surface area contributed by atoms with Crippen LogP contribution in [0.2, 0.25) is 0 Å². The molecule has 1 saturated heterocycles. The number of carbonyl (C=O) groups is 1. The Bertz CT molecular complexity index is 337. The molecule has 0 radical (unpaired) electrons. The van der Waals surface area contributed by atoms with Gasteiger partial charge in [0.25, 0.3) is 0 Å². The molecule has 98 valence electrons. The lowest BCUT2D eigenvalue weighted by atomic mass is 9.91. The van der Waals surface area contributed by atoms with Gasteiger partial charge in [-0.1, -0.05) is 6.92 Å². The highest BCUT2D eigenvalue weighted by Crippen LogP contribution is 2.17. The van der Waals surface area contributed by atoms with Gasteiger partial charge in [0.15, 0.2) is 0 Å². The van der Waals surface area contributed by atoms with Crippen molar-refractivity contribution in [2.75, 3.05) is 19.6 Å². The summed E-state index contributed by atoms with van der Waals surface area (Å²) in [6.07, 6.45) is 2.78. The van der Waals surface area contributed by atoms with Gasteiger partial charge < -0.3 is 10.2 Å². The average molecular weight is 248 g/mol. The number of rotatable bonds is 5. The second kappa shape index (κ2) is 7.68. The highest BCUT2D eigenvalue weighted by molar-refractivity contribution is 5.82. The minimum Gasteiger partial charge on any atom is -0.339 e. The van der Waals surface area contributed by atoms with Gasteiger partial charge in [-0.2, -0.15) is 10.5 Å². The lowest BCUT2D eigenvalue weighted by molar-refractivity contribution is -0.135. The van der Waals surface area contributed by atoms with Gasteiger partial charge in [-0.05, 0) is 25.3 Å². The molecule has 1 aliphatic heterocycles. The van der Waals surface area contributed by atoms with Crippen LogP contribution in [0.1, 0.15) is 32.6 Å². The van der Waals surface area contributed by atoms with Crippen LogP contribution in [0.5, 0.6) is 0 Å². The molecule has 5 heteroatoms. The van der Waals surface area contributed by atoms with Crippen LogP contribution in [0.3, 0.4) is 0 Å². The maximum Gasteiger partial charge on any atom is 0.240 e. The SMILES string of the molecule is CC1CCCNC1C(=O)N(CCC#N)CCC#N. The van der Waals surface area contributed by atoms with Crippen molar-refractivity contribution in [1.82, 2.24) is 10.2 Å². The van der Waals surface area contributed by atoms with Crippen LogP contribution in [0.25, 0.3) is 0 Å². The predicted octanol–water partition coefficient (Wildman–Crippen LogP) is 1.03. The summed E-state index contributed by atoms with van der Waals surface area (Å²) in [5.74, 6) is 0.352. The summed E-state index contributed by atoms with van der Waals surface area (Å²) < 4.78 is 0. The van der Waals surface area contributed by atoms with Crippen molar-refractivity contribution in [2.24, 2.45) is 5.92 Å². The molecule has 0 spiro atoms. The molecule has 1 fully saturated rings. The number of piperidine rings is 1. The second-order valence-corrected chi connectivity index (χ2v) is 4.69. The molecule has 1 amide bonds. The number of hydrogen-bond donors (Lipinski definition) is 1. The first-order chi connectivity index (χ1) is 8.70. The van der Waals surface area contributed by atoms with Gasteiger partial charge in [0, 0.05) is 13.1 Å². The second-order valence-electron chi connectivity index (χ2n) is 4.69. The molecule has 1 N–H and O–H groups in total. The Morgan fingerprint density at radius 2 is 1.94 bits per heavy atom. The smallest absolute Gasteiger partial charge is 0.240 e. The molecule has 2 atom stereocenters. The first kappa shape index (κ1) is 14.5. The highest BCUT2D eigenvalue weighted by atomic mass is 16.2. The molecule has 2 unspecified atom stereocenters. The fourth-order valence-corrected chi connectivity index (χ4v) is 2.28. The summed E-state index contributed by atoms with van der Waals surface area (Å²) in [5, 5.41) is 20.5. The Kier molecular flexibility index (Phi) is 6.18. The zero-order valence-corrected chi connectivity index (χ0v) is 10.9. The monoisotopic (exact) mass is 248 g/mol. The van der Waals surface area contributed by atoms with Crippen LogP contribution >= 0.6 is 0 Å². The summed E-state index contributed by atoms with van der Waals surface area (Å²) in [4.78, 5) is 14.0. The van der Waals surface area contributed by atoms with Crippen molar-refractivity contribution < 1.29 is 4.79 Å². The largest absolute Gasteiger partial charge is 0.339 e. The van der Waals surface area contributed by atoms with Crippen molar-refractivity contribution in [1.29, 1.82) is 10.5 Å². The Balaban J connectivity index is 2.62. The van der Waals surface area contributed by atoms with E-state index < -0.39 is 0 Å². The van der Waals surface area contributed by atoms with E-state index in [2.05, 4.69) is 12.2 Å². The molecule has 0 aromatic rings. The number of nitrogens with zero attached hydrogens (tertiary/aromatic N) is 3. The molecule has 1 heterocycles. The Morgan fingerprint density at radius 3 is 2.44 bits per heavy atom. The molecule has 18 heavy (non-hydrogen) atoms. The number of carbonyl (C=O) groups excluding carboxylic acids is 1. The van der Waals surface area contributed by atoms with E-state index in [1.54, 1.807) is 4.90 Å². The van der Waals surface area contributed by atoms with Crippen molar-refractivity contribution >= 4 is 5.91 Å². The zero-order valence-electron chi connectivity index (χ0n) is 10.9. The first-order valence-electron chi connectivity index (χ1n) is 6.46. The van der Waals surface area contributed by atoms with E-state index in [-0.39, 0.29) is 11.9 Å². The van der Waals surface area contributed by atoms with Gasteiger partial charge in [0.1, 0.15) is 0 Å². The van der Waals surface area contributed by atoms with E-state index in [1.807, 2.05) is 12.1 Å². The zero-order chi connectivity index (χ0) is 13.4. The predicted molar refractivity (Wildman–Crippen MR) is 67.2 cm³/mol. The summed E-state index contributed by atoms with van der Waals surface area (Å²) in [6.45, 7) is 3.77. The highest BCUT2D eigenvalue weighted by Gasteiger charge is 2.30. The van der Waals surface area contributed by atoms with Crippen LogP contribution in [0, 0.1) is 28.6 Å². The van der Waals surface area contributed by atoms with Gasteiger partial charge in [-0.3, -0.25) is 4.79 Å². The Morgan fingerprint density at radius 1 is 1.33 bits per heavy atom. The fourth-order valence-electron chi connectivity index (χ4n) is 2.28. The molecular weight excluding hydrogens is 228 g/mol.